The van der Waals surface area contributed by atoms with Crippen molar-refractivity contribution < 1.29 is 37.3 Å². The van der Waals surface area contributed by atoms with Gasteiger partial charge in [0, 0.05) is 0 Å². The zero-order valence-corrected chi connectivity index (χ0v) is 26.4. The lowest BCUT2D eigenvalue weighted by Crippen LogP contribution is -2.58. The molecule has 0 aromatic carbocycles. The topological polar surface area (TPSA) is 72.8 Å². The third-order valence-electron chi connectivity index (χ3n) is 12.3. The molecule has 0 saturated heterocycles. The van der Waals surface area contributed by atoms with Gasteiger partial charge in [-0.1, -0.05) is 13.8 Å². The van der Waals surface area contributed by atoms with Crippen molar-refractivity contribution in [3.63, 3.8) is 0 Å². The Labute approximate surface area is 244 Å². The van der Waals surface area contributed by atoms with Crippen LogP contribution < -0.4 is 0 Å². The van der Waals surface area contributed by atoms with Gasteiger partial charge in [0.2, 0.25) is 0 Å². The van der Waals surface area contributed by atoms with Crippen LogP contribution in [0.2, 0.25) is 0 Å². The zero-order valence-electron chi connectivity index (χ0n) is 26.4. The SMILES string of the molecule is CCC(C)(C)C(=O)OC1(C)C2CC3CC(C2)CC1C3.CCC(C)(C)C(=O)OC1CC2CC1CC2C(C)(O)C(F)(F)F. The van der Waals surface area contributed by atoms with Crippen molar-refractivity contribution in [1.29, 1.82) is 0 Å². The number of ether oxygens (including phenoxy) is 2. The fraction of sp³-hybridized carbons (Fsp3) is 0.939. The third kappa shape index (κ3) is 6.06. The van der Waals surface area contributed by atoms with Gasteiger partial charge in [0.25, 0.3) is 0 Å². The van der Waals surface area contributed by atoms with E-state index >= 15 is 0 Å². The molecule has 5 unspecified atom stereocenters. The lowest BCUT2D eigenvalue weighted by molar-refractivity contribution is -0.278. The molecule has 0 aromatic heterocycles. The largest absolute Gasteiger partial charge is 0.462 e. The molecule has 0 aromatic rings. The molecule has 0 radical (unpaired) electrons. The molecule has 6 fully saturated rings. The van der Waals surface area contributed by atoms with Gasteiger partial charge in [-0.2, -0.15) is 13.2 Å². The van der Waals surface area contributed by atoms with E-state index in [1.807, 2.05) is 20.8 Å². The summed E-state index contributed by atoms with van der Waals surface area (Å²) in [6.45, 7) is 14.7. The Bertz CT molecular complexity index is 956. The first-order chi connectivity index (χ1) is 18.7. The second-order valence-corrected chi connectivity index (χ2v) is 15.8. The lowest BCUT2D eigenvalue weighted by Gasteiger charge is -2.59. The minimum atomic E-state index is -4.63. The van der Waals surface area contributed by atoms with Crippen LogP contribution in [0.15, 0.2) is 0 Å². The van der Waals surface area contributed by atoms with E-state index in [2.05, 4.69) is 13.8 Å². The number of rotatable bonds is 7. The van der Waals surface area contributed by atoms with E-state index < -0.39 is 23.1 Å². The second-order valence-electron chi connectivity index (χ2n) is 15.8. The highest BCUT2D eigenvalue weighted by Crippen LogP contribution is 2.60. The number of esters is 2. The molecule has 236 valence electrons. The Hall–Kier alpha value is -1.31. The maximum Gasteiger partial charge on any atom is 0.417 e. The monoisotopic (exact) mass is 586 g/mol. The molecule has 41 heavy (non-hydrogen) atoms. The molecule has 5 nitrogen and oxygen atoms in total. The minimum absolute atomic E-state index is 0.0185. The van der Waals surface area contributed by atoms with E-state index in [-0.39, 0.29) is 47.3 Å². The first kappa shape index (κ1) is 32.6. The smallest absolute Gasteiger partial charge is 0.417 e. The van der Waals surface area contributed by atoms with Crippen LogP contribution in [-0.2, 0) is 19.1 Å². The van der Waals surface area contributed by atoms with E-state index in [9.17, 15) is 27.9 Å². The molecule has 6 saturated carbocycles. The molecule has 1 N–H and O–H groups in total. The average molecular weight is 587 g/mol. The molecular weight excluding hydrogens is 533 g/mol. The third-order valence-corrected chi connectivity index (χ3v) is 12.3. The minimum Gasteiger partial charge on any atom is -0.462 e. The molecule has 5 atom stereocenters. The van der Waals surface area contributed by atoms with Gasteiger partial charge in [-0.3, -0.25) is 9.59 Å². The van der Waals surface area contributed by atoms with Crippen molar-refractivity contribution in [2.24, 2.45) is 52.3 Å². The van der Waals surface area contributed by atoms with Gasteiger partial charge in [0.15, 0.2) is 5.60 Å². The summed E-state index contributed by atoms with van der Waals surface area (Å²) in [5, 5.41) is 9.88. The number of aliphatic hydroxyl groups is 1. The van der Waals surface area contributed by atoms with Crippen LogP contribution in [0.4, 0.5) is 13.2 Å². The van der Waals surface area contributed by atoms with Gasteiger partial charge in [0.05, 0.1) is 10.8 Å². The molecule has 6 aliphatic carbocycles. The van der Waals surface area contributed by atoms with Crippen LogP contribution in [0.25, 0.3) is 0 Å². The second kappa shape index (κ2) is 11.0. The summed E-state index contributed by atoms with van der Waals surface area (Å²) in [5.74, 6) is 1.73. The summed E-state index contributed by atoms with van der Waals surface area (Å²) >= 11 is 0. The molecule has 0 amide bonds. The maximum atomic E-state index is 13.0. The fourth-order valence-electron chi connectivity index (χ4n) is 8.48. The molecule has 8 heteroatoms. The predicted octanol–water partition coefficient (Wildman–Crippen LogP) is 7.87. The predicted molar refractivity (Wildman–Crippen MR) is 151 cm³/mol. The van der Waals surface area contributed by atoms with Crippen molar-refractivity contribution in [1.82, 2.24) is 0 Å². The summed E-state index contributed by atoms with van der Waals surface area (Å²) in [5.41, 5.74) is -3.74. The normalized spacial score (nSPS) is 39.1. The highest BCUT2D eigenvalue weighted by molar-refractivity contribution is 5.76. The van der Waals surface area contributed by atoms with Gasteiger partial charge < -0.3 is 14.6 Å². The summed E-state index contributed by atoms with van der Waals surface area (Å²) in [6, 6.07) is 0. The van der Waals surface area contributed by atoms with Crippen LogP contribution in [0.5, 0.6) is 0 Å². The van der Waals surface area contributed by atoms with Crippen LogP contribution >= 0.6 is 0 Å². The van der Waals surface area contributed by atoms with Crippen LogP contribution in [0, 0.1) is 52.3 Å². The number of fused-ring (bicyclic) bond motifs is 2. The first-order valence-corrected chi connectivity index (χ1v) is 16.0. The van der Waals surface area contributed by atoms with Crippen LogP contribution in [0.3, 0.4) is 0 Å². The van der Waals surface area contributed by atoms with Crippen LogP contribution in [-0.4, -0.2) is 40.5 Å². The van der Waals surface area contributed by atoms with Crippen molar-refractivity contribution in [3.05, 3.63) is 0 Å². The highest BCUT2D eigenvalue weighted by atomic mass is 19.4. The van der Waals surface area contributed by atoms with Crippen molar-refractivity contribution in [2.75, 3.05) is 0 Å². The Morgan fingerprint density at radius 1 is 0.756 bits per heavy atom. The maximum absolute atomic E-state index is 13.0. The number of halogens is 3. The standard InChI is InChI=1S/C17H28O2.C16H25F3O3/c1-5-16(2,3)15(18)19-17(4)13-7-11-6-12(9-13)10-14(17)8-11;1-5-14(2,3)13(20)22-12-8-9-6-10(12)7-11(9)15(4,21)16(17,18)19/h11-14H,5-10H2,1-4H3;9-12,21H,5-8H2,1-4H3. The fourth-order valence-corrected chi connectivity index (χ4v) is 8.48. The highest BCUT2D eigenvalue weighted by Gasteiger charge is 2.62. The average Bonchev–Trinajstić information content (AvgIpc) is 3.48. The Kier molecular flexibility index (Phi) is 8.75. The van der Waals surface area contributed by atoms with Gasteiger partial charge in [0.1, 0.15) is 11.7 Å². The summed E-state index contributed by atoms with van der Waals surface area (Å²) in [4.78, 5) is 24.6. The van der Waals surface area contributed by atoms with Crippen LogP contribution in [0.1, 0.15) is 120 Å². The molecule has 6 aliphatic rings. The number of alkyl halides is 3. The number of hydrogen-bond donors (Lipinski definition) is 1. The van der Waals surface area contributed by atoms with E-state index in [0.717, 1.165) is 25.2 Å². The molecule has 6 rings (SSSR count). The van der Waals surface area contributed by atoms with Gasteiger partial charge in [-0.25, -0.2) is 0 Å². The molecule has 0 aliphatic heterocycles. The van der Waals surface area contributed by atoms with E-state index in [0.29, 0.717) is 31.1 Å². The lowest BCUT2D eigenvalue weighted by atomic mass is 9.50. The quantitative estimate of drug-likeness (QED) is 0.307. The summed E-state index contributed by atoms with van der Waals surface area (Å²) in [7, 11) is 0. The first-order valence-electron chi connectivity index (χ1n) is 16.0. The van der Waals surface area contributed by atoms with E-state index in [1.54, 1.807) is 13.8 Å². The van der Waals surface area contributed by atoms with Crippen molar-refractivity contribution >= 4 is 11.9 Å². The Morgan fingerprint density at radius 3 is 1.66 bits per heavy atom. The number of carbonyl (C=O) groups is 2. The number of carbonyl (C=O) groups excluding carboxylic acids is 2. The Balaban J connectivity index is 0.000000191. The van der Waals surface area contributed by atoms with Gasteiger partial charge >= 0.3 is 18.1 Å². The van der Waals surface area contributed by atoms with E-state index in [1.165, 1.54) is 32.1 Å². The molecular formula is C33H53F3O5. The van der Waals surface area contributed by atoms with Gasteiger partial charge in [-0.15, -0.1) is 0 Å². The van der Waals surface area contributed by atoms with Crippen molar-refractivity contribution in [3.8, 4) is 0 Å². The van der Waals surface area contributed by atoms with Gasteiger partial charge in [-0.05, 0) is 147 Å². The number of hydrogen-bond acceptors (Lipinski definition) is 5. The summed E-state index contributed by atoms with van der Waals surface area (Å²) < 4.78 is 50.6. The summed E-state index contributed by atoms with van der Waals surface area (Å²) in [6.07, 6.45) is 4.48. The van der Waals surface area contributed by atoms with E-state index in [4.69, 9.17) is 9.47 Å². The zero-order chi connectivity index (χ0) is 30.8. The Morgan fingerprint density at radius 2 is 1.24 bits per heavy atom. The molecule has 0 spiro atoms. The molecule has 0 heterocycles. The van der Waals surface area contributed by atoms with Crippen molar-refractivity contribution in [2.45, 2.75) is 143 Å². The molecule has 6 bridgehead atoms.